The van der Waals surface area contributed by atoms with Gasteiger partial charge in [-0.3, -0.25) is 4.98 Å². The fourth-order valence-electron chi connectivity index (χ4n) is 4.22. The molecule has 2 aromatic rings. The maximum Gasteiger partial charge on any atom is 0.360 e. The Bertz CT molecular complexity index is 928. The van der Waals surface area contributed by atoms with E-state index in [-0.39, 0.29) is 23.1 Å². The van der Waals surface area contributed by atoms with E-state index in [0.29, 0.717) is 10.9 Å². The van der Waals surface area contributed by atoms with Crippen molar-refractivity contribution in [3.05, 3.63) is 39.9 Å². The quantitative estimate of drug-likeness (QED) is 0.460. The average Bonchev–Trinajstić information content (AvgIpc) is 3.04. The van der Waals surface area contributed by atoms with Crippen molar-refractivity contribution < 1.29 is 9.53 Å². The first kappa shape index (κ1) is 24.8. The molecule has 2 aromatic heterocycles. The van der Waals surface area contributed by atoms with Gasteiger partial charge in [0.1, 0.15) is 0 Å². The van der Waals surface area contributed by atoms with Crippen LogP contribution in [0.4, 0.5) is 0 Å². The lowest BCUT2D eigenvalue weighted by Crippen LogP contribution is -2.21. The van der Waals surface area contributed by atoms with E-state index < -0.39 is 5.97 Å². The number of carbonyl (C=O) groups is 1. The van der Waals surface area contributed by atoms with Crippen LogP contribution in [0.5, 0.6) is 0 Å². The van der Waals surface area contributed by atoms with Crippen LogP contribution < -0.4 is 0 Å². The molecule has 6 heteroatoms. The molecular formula is C26H38ClN3O2. The summed E-state index contributed by atoms with van der Waals surface area (Å²) in [6.45, 7) is 15.0. The first-order chi connectivity index (χ1) is 14.9. The van der Waals surface area contributed by atoms with E-state index in [2.05, 4.69) is 53.7 Å². The molecule has 1 saturated carbocycles. The minimum atomic E-state index is -0.470. The van der Waals surface area contributed by atoms with Crippen LogP contribution in [0, 0.1) is 5.92 Å². The highest BCUT2D eigenvalue weighted by Gasteiger charge is 2.28. The summed E-state index contributed by atoms with van der Waals surface area (Å²) in [5.41, 5.74) is 3.73. The summed E-state index contributed by atoms with van der Waals surface area (Å²) in [6.07, 6.45) is 6.98. The molecule has 0 aromatic carbocycles. The summed E-state index contributed by atoms with van der Waals surface area (Å²) < 4.78 is 7.12. The maximum absolute atomic E-state index is 12.6. The number of rotatable bonds is 5. The highest BCUT2D eigenvalue weighted by molar-refractivity contribution is 6.34. The summed E-state index contributed by atoms with van der Waals surface area (Å²) in [7, 11) is 0. The molecule has 2 heterocycles. The number of carbonyl (C=O) groups excluding carboxylic acids is 1. The van der Waals surface area contributed by atoms with Crippen LogP contribution in [0.15, 0.2) is 12.1 Å². The summed E-state index contributed by atoms with van der Waals surface area (Å²) in [5, 5.41) is 5.11. The molecular weight excluding hydrogens is 422 g/mol. The van der Waals surface area contributed by atoms with Crippen molar-refractivity contribution in [3.8, 4) is 5.69 Å². The van der Waals surface area contributed by atoms with E-state index in [1.165, 1.54) is 32.1 Å². The van der Waals surface area contributed by atoms with Crippen LogP contribution >= 0.6 is 11.6 Å². The smallest absolute Gasteiger partial charge is 0.360 e. The highest BCUT2D eigenvalue weighted by atomic mass is 35.5. The summed E-state index contributed by atoms with van der Waals surface area (Å²) >= 11 is 6.79. The predicted octanol–water partition coefficient (Wildman–Crippen LogP) is 6.82. The maximum atomic E-state index is 12.6. The molecule has 1 aliphatic rings. The molecule has 0 spiro atoms. The van der Waals surface area contributed by atoms with Gasteiger partial charge < -0.3 is 4.74 Å². The van der Waals surface area contributed by atoms with E-state index in [0.717, 1.165) is 29.2 Å². The standard InChI is InChI=1S/C26H38ClN3O2/c1-8-32-24(31)23-22(27)19(14-17-12-10-9-11-13-17)30(29-23)18-15-20(25(2,3)4)28-21(16-18)26(5,6)7/h15-17H,8-14H2,1-7H3. The molecule has 0 radical (unpaired) electrons. The fraction of sp³-hybridized carbons (Fsp3) is 0.654. The van der Waals surface area contributed by atoms with Gasteiger partial charge in [0.05, 0.1) is 23.0 Å². The second-order valence-electron chi connectivity index (χ2n) is 11.0. The number of pyridine rings is 1. The lowest BCUT2D eigenvalue weighted by molar-refractivity contribution is 0.0519. The van der Waals surface area contributed by atoms with Gasteiger partial charge in [0.15, 0.2) is 5.69 Å². The Morgan fingerprint density at radius 3 is 2.12 bits per heavy atom. The van der Waals surface area contributed by atoms with Crippen LogP contribution in [-0.4, -0.2) is 27.3 Å². The van der Waals surface area contributed by atoms with E-state index >= 15 is 0 Å². The lowest BCUT2D eigenvalue weighted by Gasteiger charge is -2.26. The third-order valence-corrected chi connectivity index (χ3v) is 6.58. The Morgan fingerprint density at radius 1 is 1.06 bits per heavy atom. The number of ether oxygens (including phenoxy) is 1. The lowest BCUT2D eigenvalue weighted by atomic mass is 9.86. The third-order valence-electron chi connectivity index (χ3n) is 6.18. The molecule has 5 nitrogen and oxygen atoms in total. The van der Waals surface area contributed by atoms with Gasteiger partial charge in [0.2, 0.25) is 0 Å². The minimum absolute atomic E-state index is 0.125. The largest absolute Gasteiger partial charge is 0.461 e. The van der Waals surface area contributed by atoms with Crippen LogP contribution in [0.25, 0.3) is 5.69 Å². The van der Waals surface area contributed by atoms with Crippen LogP contribution in [0.3, 0.4) is 0 Å². The van der Waals surface area contributed by atoms with Crippen LogP contribution in [0.2, 0.25) is 5.02 Å². The molecule has 0 N–H and O–H groups in total. The first-order valence-corrected chi connectivity index (χ1v) is 12.3. The Balaban J connectivity index is 2.18. The second-order valence-corrected chi connectivity index (χ2v) is 11.4. The Kier molecular flexibility index (Phi) is 7.38. The summed E-state index contributed by atoms with van der Waals surface area (Å²) in [6, 6.07) is 4.16. The van der Waals surface area contributed by atoms with E-state index in [4.69, 9.17) is 26.4 Å². The number of esters is 1. The van der Waals surface area contributed by atoms with Crippen molar-refractivity contribution in [3.63, 3.8) is 0 Å². The van der Waals surface area contributed by atoms with Gasteiger partial charge in [-0.2, -0.15) is 5.10 Å². The number of halogens is 1. The van der Waals surface area contributed by atoms with Gasteiger partial charge >= 0.3 is 5.97 Å². The van der Waals surface area contributed by atoms with Crippen molar-refractivity contribution in [2.75, 3.05) is 6.61 Å². The first-order valence-electron chi connectivity index (χ1n) is 11.9. The molecule has 0 amide bonds. The molecule has 1 fully saturated rings. The third kappa shape index (κ3) is 5.54. The predicted molar refractivity (Wildman–Crippen MR) is 130 cm³/mol. The van der Waals surface area contributed by atoms with Crippen molar-refractivity contribution in [1.29, 1.82) is 0 Å². The molecule has 0 unspecified atom stereocenters. The van der Waals surface area contributed by atoms with Gasteiger partial charge in [-0.15, -0.1) is 0 Å². The van der Waals surface area contributed by atoms with Gasteiger partial charge in [-0.1, -0.05) is 85.2 Å². The zero-order valence-electron chi connectivity index (χ0n) is 20.7. The number of aromatic nitrogens is 3. The Morgan fingerprint density at radius 2 is 1.62 bits per heavy atom. The van der Waals surface area contributed by atoms with Crippen molar-refractivity contribution in [1.82, 2.24) is 14.8 Å². The molecule has 32 heavy (non-hydrogen) atoms. The normalized spacial score (nSPS) is 15.8. The topological polar surface area (TPSA) is 57.0 Å². The number of hydrogen-bond acceptors (Lipinski definition) is 4. The van der Waals surface area contributed by atoms with Crippen molar-refractivity contribution >= 4 is 17.6 Å². The van der Waals surface area contributed by atoms with Crippen LogP contribution in [-0.2, 0) is 22.0 Å². The van der Waals surface area contributed by atoms with Gasteiger partial charge in [-0.25, -0.2) is 9.48 Å². The van der Waals surface area contributed by atoms with Gasteiger partial charge in [-0.05, 0) is 31.4 Å². The van der Waals surface area contributed by atoms with Crippen LogP contribution in [0.1, 0.15) is 108 Å². The molecule has 0 saturated heterocycles. The Labute approximate surface area is 197 Å². The van der Waals surface area contributed by atoms with Gasteiger partial charge in [0.25, 0.3) is 0 Å². The van der Waals surface area contributed by atoms with Gasteiger partial charge in [0, 0.05) is 22.2 Å². The molecule has 176 valence electrons. The molecule has 0 bridgehead atoms. The van der Waals surface area contributed by atoms with Crippen molar-refractivity contribution in [2.24, 2.45) is 5.92 Å². The van der Waals surface area contributed by atoms with E-state index in [1.807, 2.05) is 4.68 Å². The zero-order chi connectivity index (χ0) is 23.7. The zero-order valence-corrected chi connectivity index (χ0v) is 21.5. The fourth-order valence-corrected chi connectivity index (χ4v) is 4.50. The molecule has 0 atom stereocenters. The monoisotopic (exact) mass is 459 g/mol. The second kappa shape index (κ2) is 9.54. The SMILES string of the molecule is CCOC(=O)c1nn(-c2cc(C(C)(C)C)nc(C(C)(C)C)c2)c(CC2CCCCC2)c1Cl. The summed E-state index contributed by atoms with van der Waals surface area (Å²) in [4.78, 5) is 17.6. The van der Waals surface area contributed by atoms with E-state index in [9.17, 15) is 4.79 Å². The average molecular weight is 460 g/mol. The minimum Gasteiger partial charge on any atom is -0.461 e. The highest BCUT2D eigenvalue weighted by Crippen LogP contribution is 2.34. The van der Waals surface area contributed by atoms with Crippen molar-refractivity contribution in [2.45, 2.75) is 97.8 Å². The number of hydrogen-bond donors (Lipinski definition) is 0. The molecule has 0 aliphatic heterocycles. The number of nitrogens with zero attached hydrogens (tertiary/aromatic N) is 3. The summed E-state index contributed by atoms with van der Waals surface area (Å²) in [5.74, 6) is 0.0834. The molecule has 3 rings (SSSR count). The molecule has 1 aliphatic carbocycles. The van der Waals surface area contributed by atoms with E-state index in [1.54, 1.807) is 6.92 Å². The Hall–Kier alpha value is -1.88.